The second-order valence-electron chi connectivity index (χ2n) is 7.10. The van der Waals surface area contributed by atoms with Crippen molar-refractivity contribution in [2.45, 2.75) is 38.7 Å². The number of aromatic amines is 1. The molecule has 3 aromatic rings. The Labute approximate surface area is 163 Å². The van der Waals surface area contributed by atoms with Gasteiger partial charge in [-0.25, -0.2) is 9.97 Å². The number of nitrogens with one attached hydrogen (secondary N) is 2. The van der Waals surface area contributed by atoms with Crippen LogP contribution in [0.25, 0.3) is 10.7 Å². The van der Waals surface area contributed by atoms with Crippen LogP contribution in [0.15, 0.2) is 24.4 Å². The predicted octanol–water partition coefficient (Wildman–Crippen LogP) is 4.47. The van der Waals surface area contributed by atoms with E-state index in [4.69, 9.17) is 6.42 Å². The van der Waals surface area contributed by atoms with E-state index < -0.39 is 6.10 Å². The van der Waals surface area contributed by atoms with Crippen molar-refractivity contribution in [3.8, 4) is 23.0 Å². The lowest BCUT2D eigenvalue weighted by molar-refractivity contribution is 0.130. The number of terminal acetylenes is 1. The first-order chi connectivity index (χ1) is 13.0. The summed E-state index contributed by atoms with van der Waals surface area (Å²) in [6, 6.07) is 5.85. The highest BCUT2D eigenvalue weighted by Crippen LogP contribution is 2.40. The molecule has 1 fully saturated rings. The van der Waals surface area contributed by atoms with Crippen LogP contribution in [0.3, 0.4) is 0 Å². The molecule has 0 unspecified atom stereocenters. The van der Waals surface area contributed by atoms with Crippen molar-refractivity contribution in [1.29, 1.82) is 0 Å². The number of hydrogen-bond donors (Lipinski definition) is 3. The molecule has 0 bridgehead atoms. The summed E-state index contributed by atoms with van der Waals surface area (Å²) < 4.78 is 0. The first-order valence-corrected chi connectivity index (χ1v) is 9.81. The fraction of sp³-hybridized carbons (Fsp3) is 0.350. The van der Waals surface area contributed by atoms with Crippen molar-refractivity contribution in [2.75, 3.05) is 5.32 Å². The lowest BCUT2D eigenvalue weighted by Crippen LogP contribution is -2.02. The van der Waals surface area contributed by atoms with Crippen molar-refractivity contribution in [3.63, 3.8) is 0 Å². The number of hydrogen-bond acceptors (Lipinski definition) is 6. The number of nitrogens with zero attached hydrogens (tertiary/aromatic N) is 3. The van der Waals surface area contributed by atoms with E-state index >= 15 is 0 Å². The molecule has 0 saturated heterocycles. The maximum Gasteiger partial charge on any atom is 0.171 e. The summed E-state index contributed by atoms with van der Waals surface area (Å²) in [5, 5.41) is 20.8. The zero-order chi connectivity index (χ0) is 19.0. The molecule has 0 aliphatic heterocycles. The Bertz CT molecular complexity index is 1000. The second-order valence-corrected chi connectivity index (χ2v) is 8.21. The number of H-pyrrole nitrogens is 1. The number of aliphatic hydroxyl groups is 1. The van der Waals surface area contributed by atoms with Crippen molar-refractivity contribution in [2.24, 2.45) is 5.92 Å². The monoisotopic (exact) mass is 381 g/mol. The average Bonchev–Trinajstić information content (AvgIpc) is 3.21. The highest BCUT2D eigenvalue weighted by molar-refractivity contribution is 7.15. The molecule has 7 heteroatoms. The number of rotatable bonds is 6. The Hall–Kier alpha value is -2.69. The summed E-state index contributed by atoms with van der Waals surface area (Å²) in [4.78, 5) is 10.8. The van der Waals surface area contributed by atoms with Gasteiger partial charge in [0.15, 0.2) is 17.5 Å². The van der Waals surface area contributed by atoms with Crippen LogP contribution < -0.4 is 5.32 Å². The molecule has 4 rings (SSSR count). The quantitative estimate of drug-likeness (QED) is 0.549. The minimum atomic E-state index is -0.490. The van der Waals surface area contributed by atoms with Crippen LogP contribution in [0.1, 0.15) is 56.3 Å². The lowest BCUT2D eigenvalue weighted by atomic mass is 10.1. The summed E-state index contributed by atoms with van der Waals surface area (Å²) in [6.45, 7) is 3.98. The highest BCUT2D eigenvalue weighted by atomic mass is 32.1. The average molecular weight is 382 g/mol. The maximum atomic E-state index is 10.3. The first kappa shape index (κ1) is 17.7. The standard InChI is InChI=1S/C20H21N5OS.H2/c1-4-12-10-21-20(16-8-7-15(27-16)18(26)11(2)3)23-19(12)22-17-9-14(24-25-17)13-5-6-13;/h1,7-11,13,18,26H,5-6H2,2-3H3,(H2,21,22,23,24,25);1H/t18-;/m1./s1. The third-order valence-electron chi connectivity index (χ3n) is 4.58. The first-order valence-electron chi connectivity index (χ1n) is 8.99. The van der Waals surface area contributed by atoms with Crippen LogP contribution in [-0.2, 0) is 0 Å². The molecule has 1 saturated carbocycles. The van der Waals surface area contributed by atoms with Crippen molar-refractivity contribution in [3.05, 3.63) is 40.5 Å². The summed E-state index contributed by atoms with van der Waals surface area (Å²) in [5.74, 6) is 5.18. The van der Waals surface area contributed by atoms with E-state index in [1.807, 2.05) is 32.0 Å². The van der Waals surface area contributed by atoms with Crippen LogP contribution in [0, 0.1) is 18.3 Å². The molecule has 140 valence electrons. The van der Waals surface area contributed by atoms with Crippen LogP contribution in [-0.4, -0.2) is 25.3 Å². The van der Waals surface area contributed by atoms with Gasteiger partial charge in [-0.1, -0.05) is 19.8 Å². The molecule has 6 nitrogen and oxygen atoms in total. The third kappa shape index (κ3) is 3.72. The van der Waals surface area contributed by atoms with Gasteiger partial charge in [-0.2, -0.15) is 5.10 Å². The van der Waals surface area contributed by atoms with Crippen LogP contribution >= 0.6 is 11.3 Å². The Balaban J connectivity index is 0.00000225. The van der Waals surface area contributed by atoms with Gasteiger partial charge in [0.25, 0.3) is 0 Å². The maximum absolute atomic E-state index is 10.3. The number of anilines is 2. The number of aromatic nitrogens is 4. The zero-order valence-corrected chi connectivity index (χ0v) is 16.0. The summed E-state index contributed by atoms with van der Waals surface area (Å²) in [6.07, 6.45) is 9.16. The van der Waals surface area contributed by atoms with Gasteiger partial charge in [-0.05, 0) is 30.9 Å². The Morgan fingerprint density at radius 1 is 1.41 bits per heavy atom. The van der Waals surface area contributed by atoms with Crippen molar-refractivity contribution in [1.82, 2.24) is 20.2 Å². The molecule has 0 aromatic carbocycles. The molecule has 0 spiro atoms. The van der Waals surface area contributed by atoms with E-state index in [1.165, 1.54) is 24.2 Å². The van der Waals surface area contributed by atoms with Gasteiger partial charge in [0, 0.05) is 30.2 Å². The predicted molar refractivity (Wildman–Crippen MR) is 109 cm³/mol. The normalized spacial score (nSPS) is 14.9. The molecule has 0 radical (unpaired) electrons. The molecule has 0 amide bonds. The molecular formula is C20H23N5OS. The van der Waals surface area contributed by atoms with Gasteiger partial charge in [-0.3, -0.25) is 5.10 Å². The van der Waals surface area contributed by atoms with Gasteiger partial charge in [0.2, 0.25) is 0 Å². The molecule has 1 aliphatic rings. The van der Waals surface area contributed by atoms with Crippen LogP contribution in [0.2, 0.25) is 0 Å². The Morgan fingerprint density at radius 3 is 2.93 bits per heavy atom. The van der Waals surface area contributed by atoms with E-state index in [9.17, 15) is 5.11 Å². The smallest absolute Gasteiger partial charge is 0.171 e. The van der Waals surface area contributed by atoms with E-state index in [-0.39, 0.29) is 7.34 Å². The Morgan fingerprint density at radius 2 is 2.22 bits per heavy atom. The molecular weight excluding hydrogens is 358 g/mol. The van der Waals surface area contributed by atoms with Gasteiger partial charge >= 0.3 is 0 Å². The van der Waals surface area contributed by atoms with Gasteiger partial charge in [0.05, 0.1) is 16.5 Å². The van der Waals surface area contributed by atoms with Gasteiger partial charge in [-0.15, -0.1) is 17.8 Å². The summed E-state index contributed by atoms with van der Waals surface area (Å²) in [7, 11) is 0. The van der Waals surface area contributed by atoms with Gasteiger partial charge in [0.1, 0.15) is 0 Å². The largest absolute Gasteiger partial charge is 0.387 e. The van der Waals surface area contributed by atoms with E-state index in [2.05, 4.69) is 31.4 Å². The fourth-order valence-corrected chi connectivity index (χ4v) is 3.90. The van der Waals surface area contributed by atoms with Crippen LogP contribution in [0.4, 0.5) is 11.6 Å². The number of thiophene rings is 1. The van der Waals surface area contributed by atoms with E-state index in [0.29, 0.717) is 28.9 Å². The van der Waals surface area contributed by atoms with Crippen LogP contribution in [0.5, 0.6) is 0 Å². The van der Waals surface area contributed by atoms with Gasteiger partial charge < -0.3 is 10.4 Å². The fourth-order valence-electron chi connectivity index (χ4n) is 2.79. The van der Waals surface area contributed by atoms with E-state index in [1.54, 1.807) is 6.20 Å². The molecule has 3 N–H and O–H groups in total. The molecule has 27 heavy (non-hydrogen) atoms. The second kappa shape index (κ2) is 7.14. The SMILES string of the molecule is C#Cc1cnc(-c2ccc([C@H](O)C(C)C)s2)nc1Nc1cc(C2CC2)[nH]n1.[HH]. The topological polar surface area (TPSA) is 86.7 Å². The van der Waals surface area contributed by atoms with Crippen molar-refractivity contribution >= 4 is 23.0 Å². The minimum absolute atomic E-state index is 0. The lowest BCUT2D eigenvalue weighted by Gasteiger charge is -2.11. The van der Waals surface area contributed by atoms with E-state index in [0.717, 1.165) is 15.4 Å². The highest BCUT2D eigenvalue weighted by Gasteiger charge is 2.25. The summed E-state index contributed by atoms with van der Waals surface area (Å²) in [5.41, 5.74) is 1.72. The van der Waals surface area contributed by atoms with Crippen molar-refractivity contribution < 1.29 is 6.53 Å². The minimum Gasteiger partial charge on any atom is -0.387 e. The zero-order valence-electron chi connectivity index (χ0n) is 15.2. The molecule has 1 atom stereocenters. The number of aliphatic hydroxyl groups excluding tert-OH is 1. The molecule has 3 aromatic heterocycles. The Kier molecular flexibility index (Phi) is 4.68. The third-order valence-corrected chi connectivity index (χ3v) is 5.73. The summed E-state index contributed by atoms with van der Waals surface area (Å²) >= 11 is 1.49. The molecule has 1 aliphatic carbocycles. The molecule has 3 heterocycles.